The molecule has 0 radical (unpaired) electrons. The summed E-state index contributed by atoms with van der Waals surface area (Å²) < 4.78 is 5.75. The summed E-state index contributed by atoms with van der Waals surface area (Å²) in [6.45, 7) is 4.38. The number of benzene rings is 1. The summed E-state index contributed by atoms with van der Waals surface area (Å²) in [4.78, 5) is 0. The van der Waals surface area contributed by atoms with Crippen molar-refractivity contribution in [3.8, 4) is 11.3 Å². The molecule has 0 amide bonds. The minimum atomic E-state index is 0.481. The van der Waals surface area contributed by atoms with E-state index < -0.39 is 0 Å². The van der Waals surface area contributed by atoms with E-state index in [1.807, 2.05) is 18.2 Å². The molecule has 3 nitrogen and oxygen atoms in total. The lowest BCUT2D eigenvalue weighted by atomic mass is 9.89. The average molecular weight is 377 g/mol. The van der Waals surface area contributed by atoms with Crippen LogP contribution in [0.15, 0.2) is 28.3 Å². The van der Waals surface area contributed by atoms with E-state index in [4.69, 9.17) is 27.7 Å². The molecular weight excluding hydrogens is 355 g/mol. The number of piperidine rings is 1. The van der Waals surface area contributed by atoms with E-state index in [-0.39, 0.29) is 0 Å². The molecular formula is C20H22Cl2N2O. The Morgan fingerprint density at radius 3 is 2.48 bits per heavy atom. The molecule has 5 heteroatoms. The smallest absolute Gasteiger partial charge is 0.147 e. The van der Waals surface area contributed by atoms with Gasteiger partial charge in [-0.1, -0.05) is 40.0 Å². The zero-order valence-electron chi connectivity index (χ0n) is 14.3. The standard InChI is InChI=1S/C20H22Cl2N2O/c1-12(13-7-9-23-10-8-13)11-15-19(24-25-20(15)14-5-6-14)18-16(21)3-2-4-17(18)22/h2-4,11,13-14,23H,5-10H2,1H3/b12-11+. The Balaban J connectivity index is 1.79. The lowest BCUT2D eigenvalue weighted by molar-refractivity contribution is 0.386. The topological polar surface area (TPSA) is 38.1 Å². The molecule has 2 heterocycles. The van der Waals surface area contributed by atoms with E-state index in [0.717, 1.165) is 48.5 Å². The number of aromatic nitrogens is 1. The molecule has 0 atom stereocenters. The molecule has 1 saturated heterocycles. The van der Waals surface area contributed by atoms with Gasteiger partial charge in [-0.05, 0) is 69.8 Å². The number of hydrogen-bond donors (Lipinski definition) is 1. The molecule has 1 saturated carbocycles. The summed E-state index contributed by atoms with van der Waals surface area (Å²) >= 11 is 12.9. The number of rotatable bonds is 4. The summed E-state index contributed by atoms with van der Waals surface area (Å²) in [5, 5.41) is 9.01. The van der Waals surface area contributed by atoms with E-state index in [1.54, 1.807) is 0 Å². The van der Waals surface area contributed by atoms with Gasteiger partial charge in [0.2, 0.25) is 0 Å². The Labute approximate surface area is 158 Å². The van der Waals surface area contributed by atoms with E-state index in [2.05, 4.69) is 23.5 Å². The third-order valence-electron chi connectivity index (χ3n) is 5.26. The molecule has 1 aromatic carbocycles. The van der Waals surface area contributed by atoms with Crippen LogP contribution < -0.4 is 5.32 Å². The molecule has 25 heavy (non-hydrogen) atoms. The van der Waals surface area contributed by atoms with Crippen LogP contribution in [0.1, 0.15) is 49.8 Å². The zero-order chi connectivity index (χ0) is 17.4. The quantitative estimate of drug-likeness (QED) is 0.718. The van der Waals surface area contributed by atoms with E-state index in [1.165, 1.54) is 18.4 Å². The summed E-state index contributed by atoms with van der Waals surface area (Å²) in [5.41, 5.74) is 3.99. The van der Waals surface area contributed by atoms with Gasteiger partial charge in [0.15, 0.2) is 0 Å². The van der Waals surface area contributed by atoms with Crippen molar-refractivity contribution in [3.63, 3.8) is 0 Å². The maximum absolute atomic E-state index is 6.43. The van der Waals surface area contributed by atoms with Gasteiger partial charge >= 0.3 is 0 Å². The molecule has 1 N–H and O–H groups in total. The van der Waals surface area contributed by atoms with Gasteiger partial charge in [-0.25, -0.2) is 0 Å². The van der Waals surface area contributed by atoms with Crippen LogP contribution in [-0.2, 0) is 0 Å². The minimum absolute atomic E-state index is 0.481. The molecule has 2 aliphatic rings. The third-order valence-corrected chi connectivity index (χ3v) is 5.89. The Bertz CT molecular complexity index is 782. The van der Waals surface area contributed by atoms with Gasteiger partial charge in [-0.2, -0.15) is 0 Å². The third kappa shape index (κ3) is 3.51. The SMILES string of the molecule is C/C(=C\c1c(-c2c(Cl)cccc2Cl)noc1C1CC1)C1CCNCC1. The van der Waals surface area contributed by atoms with Crippen LogP contribution in [0, 0.1) is 5.92 Å². The highest BCUT2D eigenvalue weighted by Gasteiger charge is 2.33. The van der Waals surface area contributed by atoms with Crippen LogP contribution in [0.5, 0.6) is 0 Å². The molecule has 1 aliphatic carbocycles. The minimum Gasteiger partial charge on any atom is -0.360 e. The van der Waals surface area contributed by atoms with Gasteiger partial charge in [-0.3, -0.25) is 0 Å². The number of hydrogen-bond acceptors (Lipinski definition) is 3. The fourth-order valence-corrected chi connectivity index (χ4v) is 4.19. The van der Waals surface area contributed by atoms with Crippen LogP contribution in [-0.4, -0.2) is 18.2 Å². The predicted octanol–water partition coefficient (Wildman–Crippen LogP) is 5.93. The Morgan fingerprint density at radius 1 is 1.16 bits per heavy atom. The lowest BCUT2D eigenvalue weighted by Crippen LogP contribution is -2.28. The van der Waals surface area contributed by atoms with Gasteiger partial charge in [0.05, 0.1) is 10.0 Å². The highest BCUT2D eigenvalue weighted by atomic mass is 35.5. The Morgan fingerprint density at radius 2 is 1.84 bits per heavy atom. The highest BCUT2D eigenvalue weighted by molar-refractivity contribution is 6.39. The normalized spacial score (nSPS) is 19.4. The van der Waals surface area contributed by atoms with Gasteiger partial charge < -0.3 is 9.84 Å². The second-order valence-electron chi connectivity index (χ2n) is 7.09. The molecule has 1 aliphatic heterocycles. The van der Waals surface area contributed by atoms with Crippen molar-refractivity contribution in [3.05, 3.63) is 45.1 Å². The van der Waals surface area contributed by atoms with Crippen molar-refractivity contribution >= 4 is 29.3 Å². The summed E-state index contributed by atoms with van der Waals surface area (Å²) in [6, 6.07) is 5.55. The van der Waals surface area contributed by atoms with Gasteiger partial charge in [-0.15, -0.1) is 0 Å². The zero-order valence-corrected chi connectivity index (χ0v) is 15.8. The Hall–Kier alpha value is -1.29. The van der Waals surface area contributed by atoms with Gasteiger partial charge in [0, 0.05) is 17.0 Å². The van der Waals surface area contributed by atoms with Gasteiger partial charge in [0.1, 0.15) is 11.5 Å². The van der Waals surface area contributed by atoms with Crippen LogP contribution in [0.3, 0.4) is 0 Å². The fourth-order valence-electron chi connectivity index (χ4n) is 3.62. The summed E-state index contributed by atoms with van der Waals surface area (Å²) in [6.07, 6.45) is 6.94. The first kappa shape index (κ1) is 17.1. The van der Waals surface area contributed by atoms with E-state index >= 15 is 0 Å². The summed E-state index contributed by atoms with van der Waals surface area (Å²) in [7, 11) is 0. The van der Waals surface area contributed by atoms with E-state index in [0.29, 0.717) is 21.9 Å². The number of nitrogens with zero attached hydrogens (tertiary/aromatic N) is 1. The number of halogens is 2. The average Bonchev–Trinajstić information content (AvgIpc) is 3.38. The first-order valence-corrected chi connectivity index (χ1v) is 9.73. The second-order valence-corrected chi connectivity index (χ2v) is 7.91. The molecule has 0 unspecified atom stereocenters. The number of nitrogens with one attached hydrogen (secondary N) is 1. The van der Waals surface area contributed by atoms with E-state index in [9.17, 15) is 0 Å². The molecule has 132 valence electrons. The van der Waals surface area contributed by atoms with Crippen molar-refractivity contribution in [1.29, 1.82) is 0 Å². The van der Waals surface area contributed by atoms with Crippen molar-refractivity contribution in [2.75, 3.05) is 13.1 Å². The summed E-state index contributed by atoms with van der Waals surface area (Å²) in [5.74, 6) is 2.08. The molecule has 4 rings (SSSR count). The molecule has 0 bridgehead atoms. The fraction of sp³-hybridized carbons (Fsp3) is 0.450. The second kappa shape index (κ2) is 7.14. The van der Waals surface area contributed by atoms with Crippen LogP contribution in [0.2, 0.25) is 10.0 Å². The maximum atomic E-state index is 6.43. The van der Waals surface area contributed by atoms with Crippen molar-refractivity contribution in [1.82, 2.24) is 10.5 Å². The maximum Gasteiger partial charge on any atom is 0.147 e. The Kier molecular flexibility index (Phi) is 4.90. The molecule has 1 aromatic heterocycles. The predicted molar refractivity (Wildman–Crippen MR) is 103 cm³/mol. The van der Waals surface area contributed by atoms with Crippen LogP contribution in [0.4, 0.5) is 0 Å². The largest absolute Gasteiger partial charge is 0.360 e. The van der Waals surface area contributed by atoms with Crippen molar-refractivity contribution < 1.29 is 4.52 Å². The first-order chi connectivity index (χ1) is 12.1. The first-order valence-electron chi connectivity index (χ1n) is 8.98. The molecule has 2 fully saturated rings. The van der Waals surface area contributed by atoms with Crippen LogP contribution >= 0.6 is 23.2 Å². The van der Waals surface area contributed by atoms with Crippen molar-refractivity contribution in [2.45, 2.75) is 38.5 Å². The number of allylic oxidation sites excluding steroid dienone is 1. The van der Waals surface area contributed by atoms with Crippen LogP contribution in [0.25, 0.3) is 17.3 Å². The lowest BCUT2D eigenvalue weighted by Gasteiger charge is -2.23. The van der Waals surface area contributed by atoms with Crippen molar-refractivity contribution in [2.24, 2.45) is 5.92 Å². The molecule has 2 aromatic rings. The molecule has 0 spiro atoms. The van der Waals surface area contributed by atoms with Gasteiger partial charge in [0.25, 0.3) is 0 Å². The highest BCUT2D eigenvalue weighted by Crippen LogP contribution is 2.46. The monoisotopic (exact) mass is 376 g/mol.